The van der Waals surface area contributed by atoms with Crippen LogP contribution in [0.4, 0.5) is 0 Å². The molecule has 0 atom stereocenters. The molecule has 0 N–H and O–H groups in total. The zero-order valence-electron chi connectivity index (χ0n) is 14.1. The molecule has 1 aromatic heterocycles. The fourth-order valence-electron chi connectivity index (χ4n) is 3.27. The highest BCUT2D eigenvalue weighted by atomic mass is 16.2. The van der Waals surface area contributed by atoms with Crippen molar-refractivity contribution in [3.8, 4) is 11.1 Å². The molecule has 4 rings (SSSR count). The highest BCUT2D eigenvalue weighted by Crippen LogP contribution is 2.23. The van der Waals surface area contributed by atoms with Crippen LogP contribution in [0.3, 0.4) is 0 Å². The molecule has 0 bridgehead atoms. The molecule has 1 aliphatic heterocycles. The van der Waals surface area contributed by atoms with E-state index in [1.165, 1.54) is 0 Å². The van der Waals surface area contributed by atoms with Gasteiger partial charge in [-0.1, -0.05) is 42.5 Å². The number of aromatic nitrogens is 2. The standard InChI is InChI=1S/C21H19N3O/c1-15-19-13-24(12-11-20(19)23-14-22-15)21(25)18-9-7-17(8-10-18)16-5-3-2-4-6-16/h2-10,14H,11-13H2,1H3. The van der Waals surface area contributed by atoms with Crippen molar-refractivity contribution in [1.82, 2.24) is 14.9 Å². The summed E-state index contributed by atoms with van der Waals surface area (Å²) >= 11 is 0. The summed E-state index contributed by atoms with van der Waals surface area (Å²) < 4.78 is 0. The number of hydrogen-bond acceptors (Lipinski definition) is 3. The SMILES string of the molecule is Cc1ncnc2c1CN(C(=O)c1ccc(-c3ccccc3)cc1)CC2. The molecule has 2 aromatic carbocycles. The lowest BCUT2D eigenvalue weighted by Gasteiger charge is -2.29. The second-order valence-electron chi connectivity index (χ2n) is 6.30. The Labute approximate surface area is 147 Å². The van der Waals surface area contributed by atoms with Gasteiger partial charge in [0.15, 0.2) is 0 Å². The Kier molecular flexibility index (Phi) is 4.02. The maximum atomic E-state index is 12.9. The van der Waals surface area contributed by atoms with Crippen LogP contribution in [-0.4, -0.2) is 27.3 Å². The number of carbonyl (C=O) groups is 1. The van der Waals surface area contributed by atoms with E-state index in [-0.39, 0.29) is 5.91 Å². The lowest BCUT2D eigenvalue weighted by Crippen LogP contribution is -2.36. The van der Waals surface area contributed by atoms with Crippen molar-refractivity contribution in [3.63, 3.8) is 0 Å². The van der Waals surface area contributed by atoms with Crippen LogP contribution in [0, 0.1) is 6.92 Å². The fourth-order valence-corrected chi connectivity index (χ4v) is 3.27. The predicted molar refractivity (Wildman–Crippen MR) is 97.1 cm³/mol. The molecule has 0 radical (unpaired) electrons. The topological polar surface area (TPSA) is 46.1 Å². The Morgan fingerprint density at radius 1 is 0.960 bits per heavy atom. The van der Waals surface area contributed by atoms with E-state index >= 15 is 0 Å². The third-order valence-corrected chi connectivity index (χ3v) is 4.74. The molecule has 1 aliphatic rings. The zero-order valence-corrected chi connectivity index (χ0v) is 14.1. The number of fused-ring (bicyclic) bond motifs is 1. The Morgan fingerprint density at radius 3 is 2.44 bits per heavy atom. The van der Waals surface area contributed by atoms with Crippen LogP contribution in [-0.2, 0) is 13.0 Å². The molecule has 4 heteroatoms. The quantitative estimate of drug-likeness (QED) is 0.721. The number of hydrogen-bond donors (Lipinski definition) is 0. The van der Waals surface area contributed by atoms with Gasteiger partial charge in [0.05, 0.1) is 5.69 Å². The zero-order chi connectivity index (χ0) is 17.2. The van der Waals surface area contributed by atoms with E-state index in [0.717, 1.165) is 40.1 Å². The summed E-state index contributed by atoms with van der Waals surface area (Å²) in [6.07, 6.45) is 2.39. The summed E-state index contributed by atoms with van der Waals surface area (Å²) in [6, 6.07) is 18.0. The third-order valence-electron chi connectivity index (χ3n) is 4.74. The predicted octanol–water partition coefficient (Wildman–Crippen LogP) is 3.65. The van der Waals surface area contributed by atoms with Crippen molar-refractivity contribution in [3.05, 3.63) is 83.4 Å². The van der Waals surface area contributed by atoms with Gasteiger partial charge >= 0.3 is 0 Å². The van der Waals surface area contributed by atoms with Gasteiger partial charge in [0.1, 0.15) is 6.33 Å². The van der Waals surface area contributed by atoms with Crippen LogP contribution in [0.15, 0.2) is 60.9 Å². The Morgan fingerprint density at radius 2 is 1.68 bits per heavy atom. The van der Waals surface area contributed by atoms with E-state index < -0.39 is 0 Å². The average molecular weight is 329 g/mol. The van der Waals surface area contributed by atoms with Gasteiger partial charge in [-0.15, -0.1) is 0 Å². The van der Waals surface area contributed by atoms with Gasteiger partial charge in [0, 0.05) is 36.3 Å². The van der Waals surface area contributed by atoms with Crippen LogP contribution in [0.1, 0.15) is 27.3 Å². The molecule has 4 nitrogen and oxygen atoms in total. The fraction of sp³-hybridized carbons (Fsp3) is 0.190. The van der Waals surface area contributed by atoms with Crippen molar-refractivity contribution in [2.75, 3.05) is 6.54 Å². The van der Waals surface area contributed by atoms with E-state index in [9.17, 15) is 4.79 Å². The van der Waals surface area contributed by atoms with Crippen LogP contribution in [0.2, 0.25) is 0 Å². The Balaban J connectivity index is 1.55. The van der Waals surface area contributed by atoms with Gasteiger partial charge in [-0.3, -0.25) is 4.79 Å². The largest absolute Gasteiger partial charge is 0.334 e. The summed E-state index contributed by atoms with van der Waals surface area (Å²) in [5.41, 5.74) is 6.10. The molecular weight excluding hydrogens is 310 g/mol. The number of carbonyl (C=O) groups excluding carboxylic acids is 1. The first kappa shape index (κ1) is 15.5. The van der Waals surface area contributed by atoms with Crippen LogP contribution in [0.25, 0.3) is 11.1 Å². The smallest absolute Gasteiger partial charge is 0.254 e. The molecule has 0 spiro atoms. The van der Waals surface area contributed by atoms with Crippen molar-refractivity contribution in [2.45, 2.75) is 19.9 Å². The van der Waals surface area contributed by atoms with Crippen LogP contribution in [0.5, 0.6) is 0 Å². The van der Waals surface area contributed by atoms with Crippen molar-refractivity contribution in [1.29, 1.82) is 0 Å². The van der Waals surface area contributed by atoms with Crippen molar-refractivity contribution >= 4 is 5.91 Å². The minimum atomic E-state index is 0.0634. The van der Waals surface area contributed by atoms with E-state index in [2.05, 4.69) is 22.1 Å². The first-order chi connectivity index (χ1) is 12.2. The minimum absolute atomic E-state index is 0.0634. The molecular formula is C21H19N3O. The lowest BCUT2D eigenvalue weighted by atomic mass is 10.0. The molecule has 2 heterocycles. The van der Waals surface area contributed by atoms with Crippen molar-refractivity contribution in [2.24, 2.45) is 0 Å². The highest BCUT2D eigenvalue weighted by molar-refractivity contribution is 5.94. The summed E-state index contributed by atoms with van der Waals surface area (Å²) in [4.78, 5) is 23.3. The molecule has 124 valence electrons. The first-order valence-electron chi connectivity index (χ1n) is 8.46. The van der Waals surface area contributed by atoms with Gasteiger partial charge in [-0.2, -0.15) is 0 Å². The molecule has 0 saturated heterocycles. The normalized spacial score (nSPS) is 13.4. The molecule has 0 aliphatic carbocycles. The van der Waals surface area contributed by atoms with Crippen LogP contribution < -0.4 is 0 Å². The van der Waals surface area contributed by atoms with Gasteiger partial charge < -0.3 is 4.90 Å². The van der Waals surface area contributed by atoms with Crippen molar-refractivity contribution < 1.29 is 4.79 Å². The maximum absolute atomic E-state index is 12.9. The Hall–Kier alpha value is -3.01. The summed E-state index contributed by atoms with van der Waals surface area (Å²) in [5.74, 6) is 0.0634. The Bertz CT molecular complexity index is 904. The molecule has 0 unspecified atom stereocenters. The van der Waals surface area contributed by atoms with E-state index in [0.29, 0.717) is 13.1 Å². The lowest BCUT2D eigenvalue weighted by molar-refractivity contribution is 0.0733. The molecule has 25 heavy (non-hydrogen) atoms. The molecule has 0 saturated carbocycles. The summed E-state index contributed by atoms with van der Waals surface area (Å²) in [5, 5.41) is 0. The highest BCUT2D eigenvalue weighted by Gasteiger charge is 2.24. The molecule has 3 aromatic rings. The molecule has 1 amide bonds. The number of nitrogens with zero attached hydrogens (tertiary/aromatic N) is 3. The average Bonchev–Trinajstić information content (AvgIpc) is 2.68. The van der Waals surface area contributed by atoms with Gasteiger partial charge in [0.25, 0.3) is 5.91 Å². The monoisotopic (exact) mass is 329 g/mol. The van der Waals surface area contributed by atoms with E-state index in [4.69, 9.17) is 0 Å². The number of aryl methyl sites for hydroxylation is 1. The molecule has 0 fully saturated rings. The number of benzene rings is 2. The van der Waals surface area contributed by atoms with Gasteiger partial charge in [-0.05, 0) is 30.2 Å². The maximum Gasteiger partial charge on any atom is 0.254 e. The van der Waals surface area contributed by atoms with Gasteiger partial charge in [-0.25, -0.2) is 9.97 Å². The van der Waals surface area contributed by atoms with E-state index in [1.54, 1.807) is 6.33 Å². The first-order valence-corrected chi connectivity index (χ1v) is 8.46. The summed E-state index contributed by atoms with van der Waals surface area (Å²) in [7, 11) is 0. The minimum Gasteiger partial charge on any atom is -0.334 e. The number of amides is 1. The second kappa shape index (κ2) is 6.48. The summed E-state index contributed by atoms with van der Waals surface area (Å²) in [6.45, 7) is 3.26. The van der Waals surface area contributed by atoms with E-state index in [1.807, 2.05) is 54.3 Å². The second-order valence-corrected chi connectivity index (χ2v) is 6.30. The van der Waals surface area contributed by atoms with Crippen LogP contribution >= 0.6 is 0 Å². The number of rotatable bonds is 2. The third kappa shape index (κ3) is 3.03. The van der Waals surface area contributed by atoms with Gasteiger partial charge in [0.2, 0.25) is 0 Å².